The van der Waals surface area contributed by atoms with E-state index in [1.165, 1.54) is 6.42 Å². The van der Waals surface area contributed by atoms with E-state index in [1.807, 2.05) is 0 Å². The van der Waals surface area contributed by atoms with Crippen molar-refractivity contribution >= 4 is 7.85 Å². The van der Waals surface area contributed by atoms with E-state index in [0.29, 0.717) is 12.1 Å². The lowest BCUT2D eigenvalue weighted by atomic mass is 9.73. The van der Waals surface area contributed by atoms with Crippen LogP contribution in [0.25, 0.3) is 0 Å². The summed E-state index contributed by atoms with van der Waals surface area (Å²) in [5.74, 6) is 2.98. The number of ether oxygens (including phenoxy) is 1. The zero-order valence-corrected chi connectivity index (χ0v) is 10.6. The highest BCUT2D eigenvalue weighted by Gasteiger charge is 2.40. The minimum Gasteiger partial charge on any atom is -0.383 e. The van der Waals surface area contributed by atoms with E-state index < -0.39 is 0 Å². The van der Waals surface area contributed by atoms with E-state index in [2.05, 4.69) is 42.5 Å². The van der Waals surface area contributed by atoms with Crippen LogP contribution in [0.3, 0.4) is 0 Å². The van der Waals surface area contributed by atoms with E-state index in [0.717, 1.165) is 23.7 Å². The summed E-state index contributed by atoms with van der Waals surface area (Å²) in [5.41, 5.74) is 0. The maximum absolute atomic E-state index is 6.06. The molecule has 0 unspecified atom stereocenters. The van der Waals surface area contributed by atoms with Crippen molar-refractivity contribution in [3.05, 3.63) is 0 Å². The van der Waals surface area contributed by atoms with Gasteiger partial charge in [0, 0.05) is 6.00 Å². The van der Waals surface area contributed by atoms with Gasteiger partial charge in [0.15, 0.2) is 0 Å². The SMILES string of the molecule is B[C@@H]1O[C@H](CC(C)C)[C@@H](C)[C@H]1C(C)C. The molecule has 82 valence electrons. The Bertz CT molecular complexity index is 179. The highest BCUT2D eigenvalue weighted by Crippen LogP contribution is 2.38. The van der Waals surface area contributed by atoms with E-state index in [4.69, 9.17) is 4.74 Å². The molecular formula is C12H25BO. The van der Waals surface area contributed by atoms with Gasteiger partial charge in [0.05, 0.1) is 6.10 Å². The monoisotopic (exact) mass is 196 g/mol. The zero-order chi connectivity index (χ0) is 10.9. The summed E-state index contributed by atoms with van der Waals surface area (Å²) in [6.07, 6.45) is 1.71. The lowest BCUT2D eigenvalue weighted by Crippen LogP contribution is -2.25. The van der Waals surface area contributed by atoms with Gasteiger partial charge in [-0.15, -0.1) is 0 Å². The summed E-state index contributed by atoms with van der Waals surface area (Å²) in [6, 6.07) is 0.453. The van der Waals surface area contributed by atoms with Crippen LogP contribution >= 0.6 is 0 Å². The second-order valence-corrected chi connectivity index (χ2v) is 5.69. The van der Waals surface area contributed by atoms with Gasteiger partial charge in [-0.2, -0.15) is 0 Å². The van der Waals surface area contributed by atoms with Gasteiger partial charge >= 0.3 is 0 Å². The molecule has 0 saturated carbocycles. The average molecular weight is 196 g/mol. The molecule has 0 N–H and O–H groups in total. The molecule has 0 aromatic heterocycles. The van der Waals surface area contributed by atoms with Crippen molar-refractivity contribution in [1.29, 1.82) is 0 Å². The number of hydrogen-bond donors (Lipinski definition) is 0. The fourth-order valence-corrected chi connectivity index (χ4v) is 3.05. The van der Waals surface area contributed by atoms with Crippen LogP contribution in [-0.2, 0) is 4.74 Å². The zero-order valence-electron chi connectivity index (χ0n) is 10.6. The fourth-order valence-electron chi connectivity index (χ4n) is 3.05. The lowest BCUT2D eigenvalue weighted by molar-refractivity contribution is 0.0559. The van der Waals surface area contributed by atoms with Crippen LogP contribution in [0.4, 0.5) is 0 Å². The summed E-state index contributed by atoms with van der Waals surface area (Å²) >= 11 is 0. The second-order valence-electron chi connectivity index (χ2n) is 5.69. The lowest BCUT2D eigenvalue weighted by Gasteiger charge is -2.23. The first-order valence-electron chi connectivity index (χ1n) is 6.09. The van der Waals surface area contributed by atoms with E-state index in [9.17, 15) is 0 Å². The van der Waals surface area contributed by atoms with Crippen LogP contribution < -0.4 is 0 Å². The molecule has 1 fully saturated rings. The van der Waals surface area contributed by atoms with Crippen molar-refractivity contribution in [3.63, 3.8) is 0 Å². The van der Waals surface area contributed by atoms with E-state index in [-0.39, 0.29) is 0 Å². The van der Waals surface area contributed by atoms with Crippen LogP contribution in [0.5, 0.6) is 0 Å². The Hall–Kier alpha value is 0.0249. The first-order valence-corrected chi connectivity index (χ1v) is 6.09. The van der Waals surface area contributed by atoms with Gasteiger partial charge in [-0.05, 0) is 30.1 Å². The predicted octanol–water partition coefficient (Wildman–Crippen LogP) is 2.30. The Kier molecular flexibility index (Phi) is 4.06. The van der Waals surface area contributed by atoms with Gasteiger partial charge in [-0.25, -0.2) is 0 Å². The van der Waals surface area contributed by atoms with Gasteiger partial charge in [0.25, 0.3) is 0 Å². The number of hydrogen-bond acceptors (Lipinski definition) is 1. The predicted molar refractivity (Wildman–Crippen MR) is 64.2 cm³/mol. The van der Waals surface area contributed by atoms with Crippen molar-refractivity contribution in [2.45, 2.75) is 53.1 Å². The Balaban J connectivity index is 2.59. The molecule has 1 aliphatic heterocycles. The highest BCUT2D eigenvalue weighted by molar-refractivity contribution is 6.11. The van der Waals surface area contributed by atoms with Crippen molar-refractivity contribution in [2.75, 3.05) is 0 Å². The van der Waals surface area contributed by atoms with Crippen LogP contribution in [0.15, 0.2) is 0 Å². The van der Waals surface area contributed by atoms with Crippen molar-refractivity contribution in [2.24, 2.45) is 23.7 Å². The Morgan fingerprint density at radius 3 is 2.14 bits per heavy atom. The molecule has 1 saturated heterocycles. The maximum Gasteiger partial charge on any atom is 0.139 e. The number of rotatable bonds is 3. The molecule has 1 nitrogen and oxygen atoms in total. The smallest absolute Gasteiger partial charge is 0.139 e. The Labute approximate surface area is 90.0 Å². The Morgan fingerprint density at radius 2 is 1.79 bits per heavy atom. The van der Waals surface area contributed by atoms with Gasteiger partial charge in [0.2, 0.25) is 0 Å². The van der Waals surface area contributed by atoms with Gasteiger partial charge in [0.1, 0.15) is 7.85 Å². The summed E-state index contributed by atoms with van der Waals surface area (Å²) in [5, 5.41) is 0. The topological polar surface area (TPSA) is 9.23 Å². The molecule has 0 aliphatic carbocycles. The normalized spacial score (nSPS) is 38.5. The molecule has 1 rings (SSSR count). The molecule has 0 radical (unpaired) electrons. The van der Waals surface area contributed by atoms with Crippen LogP contribution in [0, 0.1) is 23.7 Å². The van der Waals surface area contributed by atoms with Crippen LogP contribution in [0.1, 0.15) is 41.0 Å². The third-order valence-electron chi connectivity index (χ3n) is 3.60. The summed E-state index contributed by atoms with van der Waals surface area (Å²) in [6.45, 7) is 11.6. The van der Waals surface area contributed by atoms with Crippen LogP contribution in [0.2, 0.25) is 0 Å². The van der Waals surface area contributed by atoms with Gasteiger partial charge < -0.3 is 4.74 Å². The quantitative estimate of drug-likeness (QED) is 0.629. The Morgan fingerprint density at radius 1 is 1.21 bits per heavy atom. The highest BCUT2D eigenvalue weighted by atomic mass is 16.5. The minimum atomic E-state index is 0.453. The van der Waals surface area contributed by atoms with Crippen LogP contribution in [-0.4, -0.2) is 20.0 Å². The molecular weight excluding hydrogens is 171 g/mol. The molecule has 0 bridgehead atoms. The molecule has 0 aromatic rings. The third kappa shape index (κ3) is 2.53. The molecule has 14 heavy (non-hydrogen) atoms. The summed E-state index contributed by atoms with van der Waals surface area (Å²) in [7, 11) is 2.24. The molecule has 1 heterocycles. The van der Waals surface area contributed by atoms with Gasteiger partial charge in [-0.3, -0.25) is 0 Å². The van der Waals surface area contributed by atoms with Crippen molar-refractivity contribution in [1.82, 2.24) is 0 Å². The molecule has 2 heteroatoms. The molecule has 4 atom stereocenters. The minimum absolute atomic E-state index is 0.453. The van der Waals surface area contributed by atoms with Crippen molar-refractivity contribution in [3.8, 4) is 0 Å². The molecule has 1 aliphatic rings. The average Bonchev–Trinajstić information content (AvgIpc) is 2.25. The van der Waals surface area contributed by atoms with Crippen molar-refractivity contribution < 1.29 is 4.74 Å². The molecule has 0 amide bonds. The fraction of sp³-hybridized carbons (Fsp3) is 1.00. The van der Waals surface area contributed by atoms with E-state index in [1.54, 1.807) is 0 Å². The molecule has 0 aromatic carbocycles. The second kappa shape index (κ2) is 4.70. The first-order chi connectivity index (χ1) is 6.43. The van der Waals surface area contributed by atoms with Gasteiger partial charge in [-0.1, -0.05) is 34.6 Å². The summed E-state index contributed by atoms with van der Waals surface area (Å²) < 4.78 is 6.06. The summed E-state index contributed by atoms with van der Waals surface area (Å²) in [4.78, 5) is 0. The largest absolute Gasteiger partial charge is 0.383 e. The maximum atomic E-state index is 6.06. The standard InChI is InChI=1S/C12H25BO/c1-7(2)6-10-9(5)11(8(3)4)12(13)14-10/h7-12H,6,13H2,1-5H3/t9-,10-,11-,12-/m1/s1. The third-order valence-corrected chi connectivity index (χ3v) is 3.60. The van der Waals surface area contributed by atoms with E-state index >= 15 is 0 Å². The molecule has 0 spiro atoms. The first kappa shape index (κ1) is 12.1.